The Morgan fingerprint density at radius 1 is 1.32 bits per heavy atom. The molecule has 2 rings (SSSR count). The van der Waals surface area contributed by atoms with Crippen molar-refractivity contribution in [3.8, 4) is 0 Å². The molecule has 0 atom stereocenters. The van der Waals surface area contributed by atoms with Crippen LogP contribution < -0.4 is 9.62 Å². The number of sulfonamides is 1. The maximum atomic E-state index is 13.9. The lowest BCUT2D eigenvalue weighted by molar-refractivity contribution is -0.119. The number of ether oxygens (including phenoxy) is 1. The van der Waals surface area contributed by atoms with Crippen LogP contribution in [-0.4, -0.2) is 71.4 Å². The van der Waals surface area contributed by atoms with E-state index >= 15 is 0 Å². The van der Waals surface area contributed by atoms with Crippen LogP contribution in [0.15, 0.2) is 24.3 Å². The van der Waals surface area contributed by atoms with Gasteiger partial charge < -0.3 is 10.1 Å². The molecule has 1 aromatic carbocycles. The number of anilines is 1. The molecule has 7 nitrogen and oxygen atoms in total. The summed E-state index contributed by atoms with van der Waals surface area (Å²) < 4.78 is 43.8. The average Bonchev–Trinajstić information content (AvgIpc) is 2.57. The summed E-state index contributed by atoms with van der Waals surface area (Å²) >= 11 is 0. The first kappa shape index (κ1) is 19.6. The molecule has 0 aliphatic carbocycles. The first-order chi connectivity index (χ1) is 11.9. The van der Waals surface area contributed by atoms with Gasteiger partial charge in [-0.25, -0.2) is 12.8 Å². The van der Waals surface area contributed by atoms with Crippen molar-refractivity contribution in [2.45, 2.75) is 6.42 Å². The molecule has 1 aliphatic heterocycles. The Balaban J connectivity index is 1.84. The Morgan fingerprint density at radius 3 is 2.64 bits per heavy atom. The number of hydrogen-bond acceptors (Lipinski definition) is 5. The van der Waals surface area contributed by atoms with Crippen LogP contribution in [0.1, 0.15) is 6.42 Å². The van der Waals surface area contributed by atoms with Crippen molar-refractivity contribution in [1.29, 1.82) is 0 Å². The van der Waals surface area contributed by atoms with Gasteiger partial charge in [0, 0.05) is 19.6 Å². The van der Waals surface area contributed by atoms with E-state index in [2.05, 4.69) is 10.2 Å². The number of rotatable bonds is 8. The van der Waals surface area contributed by atoms with Crippen molar-refractivity contribution in [2.24, 2.45) is 0 Å². The monoisotopic (exact) mass is 373 g/mol. The minimum Gasteiger partial charge on any atom is -0.379 e. The fraction of sp³-hybridized carbons (Fsp3) is 0.562. The second-order valence-electron chi connectivity index (χ2n) is 5.88. The summed E-state index contributed by atoms with van der Waals surface area (Å²) in [5.41, 5.74) is -0.131. The number of carbonyl (C=O) groups is 1. The quantitative estimate of drug-likeness (QED) is 0.669. The van der Waals surface area contributed by atoms with Crippen LogP contribution in [0.25, 0.3) is 0 Å². The normalized spacial score (nSPS) is 15.8. The van der Waals surface area contributed by atoms with Gasteiger partial charge in [-0.2, -0.15) is 0 Å². The van der Waals surface area contributed by atoms with Crippen LogP contribution >= 0.6 is 0 Å². The number of para-hydroxylation sites is 1. The lowest BCUT2D eigenvalue weighted by Crippen LogP contribution is -2.42. The average molecular weight is 373 g/mol. The van der Waals surface area contributed by atoms with E-state index in [0.29, 0.717) is 6.54 Å². The van der Waals surface area contributed by atoms with Gasteiger partial charge in [-0.1, -0.05) is 12.1 Å². The molecule has 1 heterocycles. The minimum atomic E-state index is -3.77. The highest BCUT2D eigenvalue weighted by Crippen LogP contribution is 2.20. The maximum Gasteiger partial charge on any atom is 0.240 e. The third-order valence-electron chi connectivity index (χ3n) is 3.89. The number of hydrogen-bond donors (Lipinski definition) is 1. The van der Waals surface area contributed by atoms with Crippen molar-refractivity contribution in [2.75, 3.05) is 56.5 Å². The zero-order valence-electron chi connectivity index (χ0n) is 14.3. The summed E-state index contributed by atoms with van der Waals surface area (Å²) in [6, 6.07) is 5.48. The van der Waals surface area contributed by atoms with Crippen LogP contribution in [0.5, 0.6) is 0 Å². The Bertz CT molecular complexity index is 678. The zero-order valence-corrected chi connectivity index (χ0v) is 15.1. The van der Waals surface area contributed by atoms with E-state index in [1.807, 2.05) is 0 Å². The summed E-state index contributed by atoms with van der Waals surface area (Å²) in [7, 11) is -3.77. The molecule has 0 unspecified atom stereocenters. The van der Waals surface area contributed by atoms with Gasteiger partial charge in [0.15, 0.2) is 0 Å². The van der Waals surface area contributed by atoms with E-state index in [1.165, 1.54) is 18.2 Å². The lowest BCUT2D eigenvalue weighted by atomic mass is 10.3. The van der Waals surface area contributed by atoms with Crippen molar-refractivity contribution < 1.29 is 22.3 Å². The number of morpholine rings is 1. The van der Waals surface area contributed by atoms with Gasteiger partial charge in [-0.15, -0.1) is 0 Å². The molecule has 140 valence electrons. The molecule has 25 heavy (non-hydrogen) atoms. The third-order valence-corrected chi connectivity index (χ3v) is 5.01. The molecule has 9 heteroatoms. The van der Waals surface area contributed by atoms with E-state index < -0.39 is 28.3 Å². The molecule has 0 spiro atoms. The third kappa shape index (κ3) is 6.26. The molecule has 0 aromatic heterocycles. The largest absolute Gasteiger partial charge is 0.379 e. The molecule has 1 saturated heterocycles. The van der Waals surface area contributed by atoms with Gasteiger partial charge in [0.05, 0.1) is 25.2 Å². The minimum absolute atomic E-state index is 0.131. The second kappa shape index (κ2) is 9.12. The van der Waals surface area contributed by atoms with Crippen LogP contribution in [-0.2, 0) is 19.6 Å². The Hall–Kier alpha value is -1.71. The zero-order chi connectivity index (χ0) is 18.3. The molecule has 1 fully saturated rings. The molecule has 1 aliphatic rings. The Morgan fingerprint density at radius 2 is 2.00 bits per heavy atom. The number of halogens is 1. The molecule has 1 amide bonds. The van der Waals surface area contributed by atoms with Crippen LogP contribution in [0, 0.1) is 5.82 Å². The van der Waals surface area contributed by atoms with Gasteiger partial charge >= 0.3 is 0 Å². The molecule has 0 radical (unpaired) electrons. The first-order valence-electron chi connectivity index (χ1n) is 8.17. The standard InChI is InChI=1S/C16H24FN3O4S/c1-25(22,23)20(15-6-3-2-5-14(15)17)13-16(21)18-7-4-8-19-9-11-24-12-10-19/h2-3,5-6H,4,7-13H2,1H3,(H,18,21). The maximum absolute atomic E-state index is 13.9. The number of nitrogens with one attached hydrogen (secondary N) is 1. The van der Waals surface area contributed by atoms with E-state index in [0.717, 1.165) is 55.9 Å². The highest BCUT2D eigenvalue weighted by atomic mass is 32.2. The molecule has 0 bridgehead atoms. The summed E-state index contributed by atoms with van der Waals surface area (Å²) in [6.45, 7) is 4.03. The van der Waals surface area contributed by atoms with E-state index in [1.54, 1.807) is 0 Å². The van der Waals surface area contributed by atoms with Gasteiger partial charge in [-0.05, 0) is 25.1 Å². The number of carbonyl (C=O) groups excluding carboxylic acids is 1. The summed E-state index contributed by atoms with van der Waals surface area (Å²) in [5, 5.41) is 2.69. The Kier molecular flexibility index (Phi) is 7.15. The Labute approximate surface area is 147 Å². The van der Waals surface area contributed by atoms with Gasteiger partial charge in [0.25, 0.3) is 0 Å². The van der Waals surface area contributed by atoms with E-state index in [9.17, 15) is 17.6 Å². The van der Waals surface area contributed by atoms with Gasteiger partial charge in [0.1, 0.15) is 12.4 Å². The molecular formula is C16H24FN3O4S. The predicted molar refractivity (Wildman–Crippen MR) is 93.5 cm³/mol. The molecule has 0 saturated carbocycles. The van der Waals surface area contributed by atoms with Crippen molar-refractivity contribution >= 4 is 21.6 Å². The van der Waals surface area contributed by atoms with Gasteiger partial charge in [-0.3, -0.25) is 14.0 Å². The molecule has 1 N–H and O–H groups in total. The highest BCUT2D eigenvalue weighted by molar-refractivity contribution is 7.92. The van der Waals surface area contributed by atoms with Crippen molar-refractivity contribution in [3.63, 3.8) is 0 Å². The van der Waals surface area contributed by atoms with Crippen LogP contribution in [0.4, 0.5) is 10.1 Å². The first-order valence-corrected chi connectivity index (χ1v) is 10.0. The topological polar surface area (TPSA) is 79.0 Å². The van der Waals surface area contributed by atoms with Crippen molar-refractivity contribution in [3.05, 3.63) is 30.1 Å². The summed E-state index contributed by atoms with van der Waals surface area (Å²) in [5.74, 6) is -1.15. The summed E-state index contributed by atoms with van der Waals surface area (Å²) in [4.78, 5) is 14.3. The fourth-order valence-corrected chi connectivity index (χ4v) is 3.43. The molecular weight excluding hydrogens is 349 g/mol. The number of benzene rings is 1. The SMILES string of the molecule is CS(=O)(=O)N(CC(=O)NCCCN1CCOCC1)c1ccccc1F. The second-order valence-corrected chi connectivity index (χ2v) is 7.79. The van der Waals surface area contributed by atoms with Crippen molar-refractivity contribution in [1.82, 2.24) is 10.2 Å². The number of nitrogens with zero attached hydrogens (tertiary/aromatic N) is 2. The molecule has 1 aromatic rings. The van der Waals surface area contributed by atoms with E-state index in [4.69, 9.17) is 4.74 Å². The smallest absolute Gasteiger partial charge is 0.240 e. The van der Waals surface area contributed by atoms with Crippen LogP contribution in [0.2, 0.25) is 0 Å². The predicted octanol–water partition coefficient (Wildman–Crippen LogP) is 0.430. The fourth-order valence-electron chi connectivity index (χ4n) is 2.58. The van der Waals surface area contributed by atoms with Gasteiger partial charge in [0.2, 0.25) is 15.9 Å². The summed E-state index contributed by atoms with van der Waals surface area (Å²) in [6.07, 6.45) is 1.70. The lowest BCUT2D eigenvalue weighted by Gasteiger charge is -2.26. The van der Waals surface area contributed by atoms with Crippen LogP contribution in [0.3, 0.4) is 0 Å². The van der Waals surface area contributed by atoms with E-state index in [-0.39, 0.29) is 5.69 Å². The highest BCUT2D eigenvalue weighted by Gasteiger charge is 2.23. The number of amides is 1.